The van der Waals surface area contributed by atoms with Crippen molar-refractivity contribution in [2.75, 3.05) is 17.6 Å². The third-order valence-corrected chi connectivity index (χ3v) is 4.34. The minimum atomic E-state index is -0.225. The summed E-state index contributed by atoms with van der Waals surface area (Å²) in [7, 11) is 0. The summed E-state index contributed by atoms with van der Waals surface area (Å²) in [5.41, 5.74) is 7.10. The van der Waals surface area contributed by atoms with E-state index in [1.807, 2.05) is 6.07 Å². The summed E-state index contributed by atoms with van der Waals surface area (Å²) in [5, 5.41) is 14.4. The van der Waals surface area contributed by atoms with E-state index in [1.165, 1.54) is 11.3 Å². The Morgan fingerprint density at radius 1 is 0.962 bits per heavy atom. The molecule has 0 saturated carbocycles. The molecular formula is C18H17N5O2S. The number of hydrogen-bond donors (Lipinski definition) is 3. The Morgan fingerprint density at radius 3 is 2.46 bits per heavy atom. The molecule has 2 aromatic carbocycles. The van der Waals surface area contributed by atoms with Gasteiger partial charge in [0.25, 0.3) is 11.8 Å². The van der Waals surface area contributed by atoms with E-state index < -0.39 is 0 Å². The highest BCUT2D eigenvalue weighted by Crippen LogP contribution is 2.13. The summed E-state index contributed by atoms with van der Waals surface area (Å²) < 4.78 is 0. The molecular weight excluding hydrogens is 350 g/mol. The minimum Gasteiger partial charge on any atom is -0.374 e. The van der Waals surface area contributed by atoms with Gasteiger partial charge >= 0.3 is 0 Å². The predicted octanol–water partition coefficient (Wildman–Crippen LogP) is 2.35. The number of nitrogen functional groups attached to an aromatic ring is 1. The zero-order chi connectivity index (χ0) is 18.4. The molecule has 0 saturated heterocycles. The molecule has 4 N–H and O–H groups in total. The van der Waals surface area contributed by atoms with Gasteiger partial charge in [0.05, 0.1) is 0 Å². The van der Waals surface area contributed by atoms with E-state index in [9.17, 15) is 9.59 Å². The number of carbonyl (C=O) groups is 2. The average molecular weight is 367 g/mol. The van der Waals surface area contributed by atoms with E-state index >= 15 is 0 Å². The molecule has 1 heterocycles. The van der Waals surface area contributed by atoms with Crippen molar-refractivity contribution in [3.05, 3.63) is 70.7 Å². The Morgan fingerprint density at radius 2 is 1.73 bits per heavy atom. The molecule has 1 aromatic heterocycles. The van der Waals surface area contributed by atoms with Gasteiger partial charge in [0.1, 0.15) is 5.01 Å². The highest BCUT2D eigenvalue weighted by molar-refractivity contribution is 7.15. The first-order valence-corrected chi connectivity index (χ1v) is 8.76. The first-order valence-electron chi connectivity index (χ1n) is 7.94. The lowest BCUT2D eigenvalue weighted by Crippen LogP contribution is -2.25. The second-order valence-electron chi connectivity index (χ2n) is 5.44. The van der Waals surface area contributed by atoms with Crippen molar-refractivity contribution in [2.45, 2.75) is 6.42 Å². The predicted molar refractivity (Wildman–Crippen MR) is 101 cm³/mol. The summed E-state index contributed by atoms with van der Waals surface area (Å²) in [6.45, 7) is 0.425. The molecule has 132 valence electrons. The molecule has 0 aliphatic heterocycles. The van der Waals surface area contributed by atoms with Crippen LogP contribution in [0.25, 0.3) is 0 Å². The molecule has 26 heavy (non-hydrogen) atoms. The van der Waals surface area contributed by atoms with Crippen molar-refractivity contribution in [3.8, 4) is 0 Å². The Labute approximate surface area is 154 Å². The molecule has 0 fully saturated rings. The second-order valence-corrected chi connectivity index (χ2v) is 6.53. The van der Waals surface area contributed by atoms with Gasteiger partial charge in [0.2, 0.25) is 5.13 Å². The third kappa shape index (κ3) is 4.64. The lowest BCUT2D eigenvalue weighted by atomic mass is 10.1. The van der Waals surface area contributed by atoms with Crippen molar-refractivity contribution in [2.24, 2.45) is 0 Å². The largest absolute Gasteiger partial charge is 0.374 e. The zero-order valence-corrected chi connectivity index (χ0v) is 14.6. The molecule has 3 aromatic rings. The summed E-state index contributed by atoms with van der Waals surface area (Å²) in [4.78, 5) is 24.5. The van der Waals surface area contributed by atoms with Gasteiger partial charge in [-0.3, -0.25) is 9.59 Å². The standard InChI is InChI=1S/C18H17N5O2S/c19-18-23-22-15(26-18)9-10-20-16(24)13-7-4-8-14(11-13)21-17(25)12-5-2-1-3-6-12/h1-8,11H,9-10H2,(H2,19,23)(H,20,24)(H,21,25). The van der Waals surface area contributed by atoms with Crippen LogP contribution in [0.15, 0.2) is 54.6 Å². The molecule has 0 unspecified atom stereocenters. The third-order valence-electron chi connectivity index (χ3n) is 3.53. The van der Waals surface area contributed by atoms with Gasteiger partial charge < -0.3 is 16.4 Å². The van der Waals surface area contributed by atoms with E-state index in [0.717, 1.165) is 5.01 Å². The fourth-order valence-electron chi connectivity index (χ4n) is 2.28. The maximum Gasteiger partial charge on any atom is 0.255 e. The van der Waals surface area contributed by atoms with Crippen LogP contribution in [0.5, 0.6) is 0 Å². The van der Waals surface area contributed by atoms with E-state index in [-0.39, 0.29) is 11.8 Å². The van der Waals surface area contributed by atoms with Gasteiger partial charge in [-0.15, -0.1) is 10.2 Å². The number of nitrogens with two attached hydrogens (primary N) is 1. The maximum absolute atomic E-state index is 12.3. The lowest BCUT2D eigenvalue weighted by molar-refractivity contribution is 0.0952. The average Bonchev–Trinajstić information content (AvgIpc) is 3.07. The molecule has 0 spiro atoms. The molecule has 0 radical (unpaired) electrons. The number of hydrogen-bond acceptors (Lipinski definition) is 6. The van der Waals surface area contributed by atoms with Crippen LogP contribution in [0.3, 0.4) is 0 Å². The molecule has 0 aliphatic carbocycles. The van der Waals surface area contributed by atoms with Crippen LogP contribution in [-0.4, -0.2) is 28.6 Å². The first-order chi connectivity index (χ1) is 12.6. The summed E-state index contributed by atoms with van der Waals surface area (Å²) >= 11 is 1.30. The van der Waals surface area contributed by atoms with Crippen molar-refractivity contribution in [1.82, 2.24) is 15.5 Å². The molecule has 0 atom stereocenters. The monoisotopic (exact) mass is 367 g/mol. The number of carbonyl (C=O) groups excluding carboxylic acids is 2. The van der Waals surface area contributed by atoms with Crippen LogP contribution in [0.4, 0.5) is 10.8 Å². The van der Waals surface area contributed by atoms with Gasteiger partial charge in [-0.2, -0.15) is 0 Å². The van der Waals surface area contributed by atoms with Crippen molar-refractivity contribution < 1.29 is 9.59 Å². The molecule has 3 rings (SSSR count). The Balaban J connectivity index is 1.57. The van der Waals surface area contributed by atoms with Crippen molar-refractivity contribution >= 4 is 34.0 Å². The van der Waals surface area contributed by atoms with E-state index in [4.69, 9.17) is 5.73 Å². The molecule has 0 bridgehead atoms. The van der Waals surface area contributed by atoms with Gasteiger partial charge in [0.15, 0.2) is 0 Å². The Kier molecular flexibility index (Phi) is 5.55. The SMILES string of the molecule is Nc1nnc(CCNC(=O)c2cccc(NC(=O)c3ccccc3)c2)s1. The maximum atomic E-state index is 12.3. The number of nitrogens with zero attached hydrogens (tertiary/aromatic N) is 2. The van der Waals surface area contributed by atoms with Crippen LogP contribution >= 0.6 is 11.3 Å². The van der Waals surface area contributed by atoms with Crippen LogP contribution in [0.2, 0.25) is 0 Å². The minimum absolute atomic E-state index is 0.224. The van der Waals surface area contributed by atoms with Crippen LogP contribution in [0.1, 0.15) is 25.7 Å². The summed E-state index contributed by atoms with van der Waals surface area (Å²) in [6.07, 6.45) is 0.561. The summed E-state index contributed by atoms with van der Waals surface area (Å²) in [5.74, 6) is -0.449. The number of rotatable bonds is 6. The number of anilines is 2. The Bertz CT molecular complexity index is 911. The van der Waals surface area contributed by atoms with E-state index in [2.05, 4.69) is 20.8 Å². The number of benzene rings is 2. The van der Waals surface area contributed by atoms with Crippen molar-refractivity contribution in [3.63, 3.8) is 0 Å². The normalized spacial score (nSPS) is 10.3. The smallest absolute Gasteiger partial charge is 0.255 e. The van der Waals surface area contributed by atoms with Crippen LogP contribution in [-0.2, 0) is 6.42 Å². The first kappa shape index (κ1) is 17.6. The fraction of sp³-hybridized carbons (Fsp3) is 0.111. The van der Waals surface area contributed by atoms with E-state index in [1.54, 1.807) is 48.5 Å². The molecule has 8 heteroatoms. The van der Waals surface area contributed by atoms with Gasteiger partial charge in [-0.05, 0) is 30.3 Å². The van der Waals surface area contributed by atoms with Gasteiger partial charge in [-0.25, -0.2) is 0 Å². The van der Waals surface area contributed by atoms with Crippen molar-refractivity contribution in [1.29, 1.82) is 0 Å². The Hall–Kier alpha value is -3.26. The highest BCUT2D eigenvalue weighted by Gasteiger charge is 2.09. The molecule has 0 aliphatic rings. The number of amides is 2. The van der Waals surface area contributed by atoms with Gasteiger partial charge in [-0.1, -0.05) is 35.6 Å². The molecule has 7 nitrogen and oxygen atoms in total. The second kappa shape index (κ2) is 8.21. The highest BCUT2D eigenvalue weighted by atomic mass is 32.1. The number of aromatic nitrogens is 2. The lowest BCUT2D eigenvalue weighted by Gasteiger charge is -2.08. The summed E-state index contributed by atoms with van der Waals surface area (Å²) in [6, 6.07) is 15.7. The van der Waals surface area contributed by atoms with Crippen LogP contribution < -0.4 is 16.4 Å². The van der Waals surface area contributed by atoms with Gasteiger partial charge in [0, 0.05) is 29.8 Å². The number of nitrogens with one attached hydrogen (secondary N) is 2. The van der Waals surface area contributed by atoms with Crippen LogP contribution in [0, 0.1) is 0 Å². The fourth-order valence-corrected chi connectivity index (χ4v) is 2.89. The molecule has 2 amide bonds. The van der Waals surface area contributed by atoms with E-state index in [0.29, 0.717) is 34.9 Å². The topological polar surface area (TPSA) is 110 Å². The quantitative estimate of drug-likeness (QED) is 0.619. The zero-order valence-electron chi connectivity index (χ0n) is 13.8.